The van der Waals surface area contributed by atoms with Crippen LogP contribution in [-0.4, -0.2) is 48.1 Å². The van der Waals surface area contributed by atoms with E-state index in [9.17, 15) is 0 Å². The average molecular weight is 424 g/mol. The molecule has 0 N–H and O–H groups in total. The molecule has 164 valence electrons. The number of fused-ring (bicyclic) bond motifs is 1. The van der Waals surface area contributed by atoms with E-state index in [0.29, 0.717) is 17.2 Å². The van der Waals surface area contributed by atoms with Crippen molar-refractivity contribution in [3.05, 3.63) is 53.3 Å². The minimum atomic E-state index is -0.258. The number of hydrogen-bond acceptors (Lipinski definition) is 7. The second-order valence-corrected chi connectivity index (χ2v) is 8.55. The van der Waals surface area contributed by atoms with Crippen LogP contribution in [0.5, 0.6) is 17.2 Å². The standard InChI is InChI=1S/C23H29N5O3/c1-23(2,3)28-22(24-25-26-28)20-17-10-8-7-9-15(17)11-12-27(20)16-13-18(29-4)21(31-6)19(14-16)30-5/h7-10,13-14,20H,11-12H2,1-6H3. The van der Waals surface area contributed by atoms with Crippen LogP contribution in [0.4, 0.5) is 5.69 Å². The van der Waals surface area contributed by atoms with E-state index in [1.54, 1.807) is 21.3 Å². The zero-order valence-corrected chi connectivity index (χ0v) is 18.9. The molecule has 0 saturated carbocycles. The van der Waals surface area contributed by atoms with Gasteiger partial charge < -0.3 is 19.1 Å². The van der Waals surface area contributed by atoms with Gasteiger partial charge >= 0.3 is 0 Å². The van der Waals surface area contributed by atoms with Crippen molar-refractivity contribution in [3.8, 4) is 17.2 Å². The maximum Gasteiger partial charge on any atom is 0.203 e. The van der Waals surface area contributed by atoms with Crippen molar-refractivity contribution in [2.24, 2.45) is 0 Å². The molecule has 1 aliphatic heterocycles. The Kier molecular flexibility index (Phi) is 5.47. The molecule has 2 heterocycles. The Morgan fingerprint density at radius 3 is 2.26 bits per heavy atom. The normalized spacial score (nSPS) is 16.1. The van der Waals surface area contributed by atoms with Gasteiger partial charge in [0.15, 0.2) is 17.3 Å². The summed E-state index contributed by atoms with van der Waals surface area (Å²) in [7, 11) is 4.87. The lowest BCUT2D eigenvalue weighted by Gasteiger charge is -2.39. The number of ether oxygens (including phenoxy) is 3. The van der Waals surface area contributed by atoms with Gasteiger partial charge in [0.1, 0.15) is 6.04 Å². The SMILES string of the molecule is COc1cc(N2CCc3ccccc3C2c2nnnn2C(C)(C)C)cc(OC)c1OC. The fourth-order valence-electron chi connectivity index (χ4n) is 4.20. The molecule has 1 aromatic heterocycles. The van der Waals surface area contributed by atoms with Gasteiger partial charge in [-0.15, -0.1) is 5.10 Å². The quantitative estimate of drug-likeness (QED) is 0.621. The summed E-state index contributed by atoms with van der Waals surface area (Å²) in [6, 6.07) is 12.3. The number of tetrazole rings is 1. The van der Waals surface area contributed by atoms with Crippen LogP contribution >= 0.6 is 0 Å². The Morgan fingerprint density at radius 1 is 0.968 bits per heavy atom. The molecule has 1 unspecified atom stereocenters. The van der Waals surface area contributed by atoms with Crippen molar-refractivity contribution in [2.75, 3.05) is 32.8 Å². The Labute approximate surface area is 182 Å². The summed E-state index contributed by atoms with van der Waals surface area (Å²) in [4.78, 5) is 2.31. The largest absolute Gasteiger partial charge is 0.493 e. The summed E-state index contributed by atoms with van der Waals surface area (Å²) in [5.74, 6) is 2.60. The van der Waals surface area contributed by atoms with Crippen molar-refractivity contribution in [1.82, 2.24) is 20.2 Å². The van der Waals surface area contributed by atoms with Crippen molar-refractivity contribution < 1.29 is 14.2 Å². The lowest BCUT2D eigenvalue weighted by atomic mass is 9.91. The molecule has 2 aromatic carbocycles. The highest BCUT2D eigenvalue weighted by molar-refractivity contribution is 5.65. The van der Waals surface area contributed by atoms with Gasteiger partial charge in [-0.25, -0.2) is 4.68 Å². The number of methoxy groups -OCH3 is 3. The first-order valence-electron chi connectivity index (χ1n) is 10.3. The molecule has 8 nitrogen and oxygen atoms in total. The summed E-state index contributed by atoms with van der Waals surface area (Å²) in [5.41, 5.74) is 3.20. The van der Waals surface area contributed by atoms with E-state index in [2.05, 4.69) is 65.5 Å². The van der Waals surface area contributed by atoms with Crippen molar-refractivity contribution in [1.29, 1.82) is 0 Å². The summed E-state index contributed by atoms with van der Waals surface area (Å²) < 4.78 is 18.6. The lowest BCUT2D eigenvalue weighted by Crippen LogP contribution is -2.39. The maximum atomic E-state index is 5.61. The third kappa shape index (κ3) is 3.66. The van der Waals surface area contributed by atoms with Crippen LogP contribution in [0.25, 0.3) is 0 Å². The van der Waals surface area contributed by atoms with E-state index in [0.717, 1.165) is 24.5 Å². The van der Waals surface area contributed by atoms with Crippen molar-refractivity contribution in [3.63, 3.8) is 0 Å². The molecule has 0 bridgehead atoms. The van der Waals surface area contributed by atoms with Gasteiger partial charge in [0.05, 0.1) is 26.9 Å². The fraction of sp³-hybridized carbons (Fsp3) is 0.435. The third-order valence-corrected chi connectivity index (χ3v) is 5.64. The monoisotopic (exact) mass is 423 g/mol. The highest BCUT2D eigenvalue weighted by Gasteiger charge is 2.36. The predicted octanol–water partition coefficient (Wildman–Crippen LogP) is 3.61. The van der Waals surface area contributed by atoms with Gasteiger partial charge in [0, 0.05) is 24.4 Å². The summed E-state index contributed by atoms with van der Waals surface area (Å²) >= 11 is 0. The summed E-state index contributed by atoms with van der Waals surface area (Å²) in [6.07, 6.45) is 0.917. The summed E-state index contributed by atoms with van der Waals surface area (Å²) in [5, 5.41) is 12.8. The van der Waals surface area contributed by atoms with E-state index >= 15 is 0 Å². The topological polar surface area (TPSA) is 74.5 Å². The number of hydrogen-bond donors (Lipinski definition) is 0. The fourth-order valence-corrected chi connectivity index (χ4v) is 4.20. The van der Waals surface area contributed by atoms with Crippen LogP contribution in [0.2, 0.25) is 0 Å². The number of aromatic nitrogens is 4. The molecule has 0 aliphatic carbocycles. The van der Waals surface area contributed by atoms with Crippen LogP contribution in [0.15, 0.2) is 36.4 Å². The number of benzene rings is 2. The highest BCUT2D eigenvalue weighted by atomic mass is 16.5. The van der Waals surface area contributed by atoms with E-state index in [1.165, 1.54) is 11.1 Å². The maximum absolute atomic E-state index is 5.61. The Bertz CT molecular complexity index is 1050. The molecule has 0 radical (unpaired) electrons. The molecular weight excluding hydrogens is 394 g/mol. The van der Waals surface area contributed by atoms with Gasteiger partial charge in [-0.3, -0.25) is 0 Å². The van der Waals surface area contributed by atoms with Gasteiger partial charge in [0.2, 0.25) is 5.75 Å². The van der Waals surface area contributed by atoms with E-state index in [1.807, 2.05) is 16.8 Å². The molecule has 1 aliphatic rings. The second-order valence-electron chi connectivity index (χ2n) is 8.55. The molecule has 0 saturated heterocycles. The molecule has 4 rings (SSSR count). The van der Waals surface area contributed by atoms with Gasteiger partial charge in [0.25, 0.3) is 0 Å². The Hall–Kier alpha value is -3.29. The van der Waals surface area contributed by atoms with Gasteiger partial charge in [-0.05, 0) is 48.7 Å². The Balaban J connectivity index is 1.91. The van der Waals surface area contributed by atoms with Gasteiger partial charge in [-0.1, -0.05) is 24.3 Å². The highest BCUT2D eigenvalue weighted by Crippen LogP contribution is 2.45. The van der Waals surface area contributed by atoms with Crippen LogP contribution < -0.4 is 19.1 Å². The molecule has 0 spiro atoms. The van der Waals surface area contributed by atoms with Crippen molar-refractivity contribution >= 4 is 5.69 Å². The predicted molar refractivity (Wildman–Crippen MR) is 118 cm³/mol. The number of nitrogens with zero attached hydrogens (tertiary/aromatic N) is 5. The first kappa shape index (κ1) is 21.0. The minimum Gasteiger partial charge on any atom is -0.493 e. The van der Waals surface area contributed by atoms with Crippen LogP contribution in [0, 0.1) is 0 Å². The lowest BCUT2D eigenvalue weighted by molar-refractivity contribution is 0.323. The van der Waals surface area contributed by atoms with Gasteiger partial charge in [-0.2, -0.15) is 0 Å². The first-order chi connectivity index (χ1) is 14.9. The minimum absolute atomic E-state index is 0.151. The molecule has 3 aromatic rings. The van der Waals surface area contributed by atoms with Crippen LogP contribution in [-0.2, 0) is 12.0 Å². The number of rotatable bonds is 5. The third-order valence-electron chi connectivity index (χ3n) is 5.64. The zero-order valence-electron chi connectivity index (χ0n) is 18.9. The zero-order chi connectivity index (χ0) is 22.2. The number of anilines is 1. The molecule has 0 fully saturated rings. The van der Waals surface area contributed by atoms with E-state index < -0.39 is 0 Å². The van der Waals surface area contributed by atoms with Crippen LogP contribution in [0.3, 0.4) is 0 Å². The second kappa shape index (κ2) is 8.09. The molecule has 31 heavy (non-hydrogen) atoms. The molecule has 8 heteroatoms. The molecule has 1 atom stereocenters. The van der Waals surface area contributed by atoms with E-state index in [-0.39, 0.29) is 11.6 Å². The van der Waals surface area contributed by atoms with Crippen LogP contribution in [0.1, 0.15) is 43.8 Å². The average Bonchev–Trinajstić information content (AvgIpc) is 3.27. The Morgan fingerprint density at radius 2 is 1.65 bits per heavy atom. The van der Waals surface area contributed by atoms with E-state index in [4.69, 9.17) is 14.2 Å². The summed E-state index contributed by atoms with van der Waals surface area (Å²) in [6.45, 7) is 7.11. The first-order valence-corrected chi connectivity index (χ1v) is 10.3. The molecular formula is C23H29N5O3. The molecule has 0 amide bonds. The smallest absolute Gasteiger partial charge is 0.203 e. The van der Waals surface area contributed by atoms with Crippen molar-refractivity contribution in [2.45, 2.75) is 38.8 Å².